The summed E-state index contributed by atoms with van der Waals surface area (Å²) in [5.41, 5.74) is 0.475. The van der Waals surface area contributed by atoms with Gasteiger partial charge in [-0.05, 0) is 0 Å². The number of hydrogen-bond donors (Lipinski definition) is 0. The van der Waals surface area contributed by atoms with E-state index < -0.39 is 0 Å². The van der Waals surface area contributed by atoms with Crippen LogP contribution in [-0.2, 0) is 11.7 Å². The Morgan fingerprint density at radius 1 is 1.88 bits per heavy atom. The molecule has 8 heavy (non-hydrogen) atoms. The first-order chi connectivity index (χ1) is 3.83. The summed E-state index contributed by atoms with van der Waals surface area (Å²) in [7, 11) is 0. The normalized spacial score (nSPS) is 9.75. The lowest BCUT2D eigenvalue weighted by molar-refractivity contribution is 0.173. The van der Waals surface area contributed by atoms with Crippen LogP contribution in [0.2, 0.25) is 0 Å². The summed E-state index contributed by atoms with van der Waals surface area (Å²) in [5, 5.41) is 10.0. The maximum absolute atomic E-state index is 10.0. The molecule has 3 nitrogen and oxygen atoms in total. The number of aryl methyl sites for hydroxylation is 1. The van der Waals surface area contributed by atoms with Gasteiger partial charge in [-0.2, -0.15) is 0 Å². The van der Waals surface area contributed by atoms with Gasteiger partial charge in [-0.1, -0.05) is 0 Å². The molecule has 0 saturated heterocycles. The van der Waals surface area contributed by atoms with Crippen molar-refractivity contribution in [3.8, 4) is 0 Å². The highest BCUT2D eigenvalue weighted by Crippen LogP contribution is 1.98. The molecule has 43 valence electrons. The molecule has 0 atom stereocenters. The molecule has 3 heteroatoms. The molecule has 0 aliphatic heterocycles. The molecular formula is C5H6NO2. The van der Waals surface area contributed by atoms with E-state index in [1.165, 1.54) is 6.26 Å². The number of hydrogen-bond acceptors (Lipinski definition) is 2. The third kappa shape index (κ3) is 0.869. The van der Waals surface area contributed by atoms with Gasteiger partial charge in [0.1, 0.15) is 18.6 Å². The largest absolute Gasteiger partial charge is 0.449 e. The summed E-state index contributed by atoms with van der Waals surface area (Å²) < 4.78 is 4.74. The highest BCUT2D eigenvalue weighted by molar-refractivity contribution is 4.92. The van der Waals surface area contributed by atoms with E-state index in [0.29, 0.717) is 11.6 Å². The third-order valence-corrected chi connectivity index (χ3v) is 0.814. The van der Waals surface area contributed by atoms with Crippen LogP contribution in [-0.4, -0.2) is 4.98 Å². The van der Waals surface area contributed by atoms with E-state index in [1.54, 1.807) is 6.92 Å². The highest BCUT2D eigenvalue weighted by atomic mass is 16.3. The second kappa shape index (κ2) is 1.96. The van der Waals surface area contributed by atoms with Crippen molar-refractivity contribution in [2.45, 2.75) is 13.5 Å². The smallest absolute Gasteiger partial charge is 0.191 e. The van der Waals surface area contributed by atoms with Crippen molar-refractivity contribution >= 4 is 0 Å². The monoisotopic (exact) mass is 112 g/mol. The van der Waals surface area contributed by atoms with Gasteiger partial charge in [0.15, 0.2) is 5.89 Å². The SMILES string of the molecule is Cc1nc(C[O])co1. The molecule has 0 N–H and O–H groups in total. The maximum Gasteiger partial charge on any atom is 0.191 e. The zero-order valence-corrected chi connectivity index (χ0v) is 4.55. The van der Waals surface area contributed by atoms with Crippen molar-refractivity contribution in [3.05, 3.63) is 17.8 Å². The average molecular weight is 112 g/mol. The van der Waals surface area contributed by atoms with Gasteiger partial charge in [0.2, 0.25) is 0 Å². The summed E-state index contributed by atoms with van der Waals surface area (Å²) in [6.07, 6.45) is 1.38. The van der Waals surface area contributed by atoms with E-state index in [-0.39, 0.29) is 6.61 Å². The molecule has 0 aliphatic rings. The van der Waals surface area contributed by atoms with Crippen LogP contribution in [0.5, 0.6) is 0 Å². The Bertz CT molecular complexity index is 171. The number of nitrogens with zero attached hydrogens (tertiary/aromatic N) is 1. The standard InChI is InChI=1S/C5H6NO2/c1-4-6-5(2-7)3-8-4/h3H,2H2,1H3. The summed E-state index contributed by atoms with van der Waals surface area (Å²) in [5.74, 6) is 0.552. The predicted molar refractivity (Wildman–Crippen MR) is 25.6 cm³/mol. The number of aromatic nitrogens is 1. The second-order valence-electron chi connectivity index (χ2n) is 1.50. The molecule has 0 amide bonds. The number of oxazole rings is 1. The zero-order chi connectivity index (χ0) is 5.98. The molecule has 0 unspecified atom stereocenters. The Labute approximate surface area is 47.0 Å². The molecule has 1 rings (SSSR count). The Morgan fingerprint density at radius 3 is 2.88 bits per heavy atom. The van der Waals surface area contributed by atoms with Crippen LogP contribution >= 0.6 is 0 Å². The zero-order valence-electron chi connectivity index (χ0n) is 4.55. The Kier molecular flexibility index (Phi) is 1.30. The minimum atomic E-state index is -0.294. The average Bonchev–Trinajstić information content (AvgIpc) is 2.14. The Hall–Kier alpha value is -0.830. The summed E-state index contributed by atoms with van der Waals surface area (Å²) in [6.45, 7) is 1.41. The van der Waals surface area contributed by atoms with Gasteiger partial charge < -0.3 is 4.42 Å². The molecule has 0 fully saturated rings. The fraction of sp³-hybridized carbons (Fsp3) is 0.400. The molecule has 1 aromatic heterocycles. The van der Waals surface area contributed by atoms with Crippen molar-refractivity contribution in [2.75, 3.05) is 0 Å². The highest BCUT2D eigenvalue weighted by Gasteiger charge is 1.94. The Morgan fingerprint density at radius 2 is 2.62 bits per heavy atom. The first-order valence-electron chi connectivity index (χ1n) is 2.32. The van der Waals surface area contributed by atoms with Gasteiger partial charge in [0.05, 0.1) is 0 Å². The van der Waals surface area contributed by atoms with Crippen LogP contribution in [0.25, 0.3) is 0 Å². The van der Waals surface area contributed by atoms with Gasteiger partial charge in [-0.3, -0.25) is 0 Å². The lowest BCUT2D eigenvalue weighted by Gasteiger charge is -1.74. The summed E-state index contributed by atoms with van der Waals surface area (Å²) in [4.78, 5) is 3.75. The van der Waals surface area contributed by atoms with E-state index in [4.69, 9.17) is 4.42 Å². The van der Waals surface area contributed by atoms with E-state index in [0.717, 1.165) is 0 Å². The van der Waals surface area contributed by atoms with Gasteiger partial charge in [-0.25, -0.2) is 10.1 Å². The van der Waals surface area contributed by atoms with Crippen LogP contribution in [0.1, 0.15) is 11.6 Å². The summed E-state index contributed by atoms with van der Waals surface area (Å²) >= 11 is 0. The van der Waals surface area contributed by atoms with E-state index in [1.807, 2.05) is 0 Å². The van der Waals surface area contributed by atoms with Crippen LogP contribution in [0, 0.1) is 6.92 Å². The predicted octanol–water partition coefficient (Wildman–Crippen LogP) is 0.914. The molecule has 1 radical (unpaired) electrons. The molecule has 0 spiro atoms. The Balaban J connectivity index is 2.84. The van der Waals surface area contributed by atoms with E-state index in [2.05, 4.69) is 4.98 Å². The third-order valence-electron chi connectivity index (χ3n) is 0.814. The molecule has 0 aromatic carbocycles. The van der Waals surface area contributed by atoms with Crippen molar-refractivity contribution < 1.29 is 9.52 Å². The topological polar surface area (TPSA) is 45.9 Å². The minimum Gasteiger partial charge on any atom is -0.449 e. The molecule has 0 saturated carbocycles. The maximum atomic E-state index is 10.0. The van der Waals surface area contributed by atoms with Crippen molar-refractivity contribution in [1.82, 2.24) is 4.98 Å². The van der Waals surface area contributed by atoms with Gasteiger partial charge >= 0.3 is 0 Å². The lowest BCUT2D eigenvalue weighted by Crippen LogP contribution is -1.78. The van der Waals surface area contributed by atoms with Crippen molar-refractivity contribution in [3.63, 3.8) is 0 Å². The van der Waals surface area contributed by atoms with E-state index >= 15 is 0 Å². The van der Waals surface area contributed by atoms with Gasteiger partial charge in [-0.15, -0.1) is 0 Å². The van der Waals surface area contributed by atoms with Gasteiger partial charge in [0.25, 0.3) is 0 Å². The van der Waals surface area contributed by atoms with Gasteiger partial charge in [0, 0.05) is 6.92 Å². The second-order valence-corrected chi connectivity index (χ2v) is 1.50. The molecule has 1 heterocycles. The van der Waals surface area contributed by atoms with Crippen LogP contribution in [0.3, 0.4) is 0 Å². The lowest BCUT2D eigenvalue weighted by atomic mass is 10.5. The van der Waals surface area contributed by atoms with Crippen molar-refractivity contribution in [1.29, 1.82) is 0 Å². The summed E-state index contributed by atoms with van der Waals surface area (Å²) in [6, 6.07) is 0. The molecule has 1 aromatic rings. The van der Waals surface area contributed by atoms with Crippen LogP contribution in [0.4, 0.5) is 0 Å². The fourth-order valence-corrected chi connectivity index (χ4v) is 0.475. The number of rotatable bonds is 1. The first-order valence-corrected chi connectivity index (χ1v) is 2.32. The van der Waals surface area contributed by atoms with Crippen LogP contribution < -0.4 is 0 Å². The minimum absolute atomic E-state index is 0.294. The molecular weight excluding hydrogens is 106 g/mol. The van der Waals surface area contributed by atoms with E-state index in [9.17, 15) is 5.11 Å². The van der Waals surface area contributed by atoms with Crippen LogP contribution in [0.15, 0.2) is 10.7 Å². The molecule has 0 aliphatic carbocycles. The molecule has 0 bridgehead atoms. The first kappa shape index (κ1) is 5.31. The fourth-order valence-electron chi connectivity index (χ4n) is 0.475. The quantitative estimate of drug-likeness (QED) is 0.542. The van der Waals surface area contributed by atoms with Crippen molar-refractivity contribution in [2.24, 2.45) is 0 Å².